The second kappa shape index (κ2) is 3.94. The molecule has 3 nitrogen and oxygen atoms in total. The van der Waals surface area contributed by atoms with E-state index in [2.05, 4.69) is 4.98 Å². The van der Waals surface area contributed by atoms with Crippen LogP contribution < -0.4 is 4.74 Å². The third-order valence-electron chi connectivity index (χ3n) is 2.73. The van der Waals surface area contributed by atoms with Crippen LogP contribution in [0.2, 0.25) is 0 Å². The molecule has 0 radical (unpaired) electrons. The lowest BCUT2D eigenvalue weighted by atomic mass is 10.1. The molecule has 0 N–H and O–H groups in total. The average Bonchev–Trinajstić information content (AvgIpc) is 2.91. The largest absolute Gasteiger partial charge is 0.481 e. The molecule has 2 heterocycles. The number of ether oxygens (including phenoxy) is 1. The molecule has 0 atom stereocenters. The van der Waals surface area contributed by atoms with Crippen LogP contribution in [0.5, 0.6) is 5.88 Å². The zero-order valence-corrected chi connectivity index (χ0v) is 9.38. The minimum Gasteiger partial charge on any atom is -0.481 e. The van der Waals surface area contributed by atoms with Gasteiger partial charge in [0.15, 0.2) is 0 Å². The van der Waals surface area contributed by atoms with Crippen molar-refractivity contribution < 1.29 is 9.15 Å². The molecule has 0 spiro atoms. The van der Waals surface area contributed by atoms with E-state index >= 15 is 0 Å². The van der Waals surface area contributed by atoms with Crippen LogP contribution in [-0.2, 0) is 0 Å². The molecule has 0 bridgehead atoms. The maximum atomic E-state index is 5.38. The third-order valence-corrected chi connectivity index (χ3v) is 2.73. The predicted molar refractivity (Wildman–Crippen MR) is 66.0 cm³/mol. The Morgan fingerprint density at radius 1 is 1.18 bits per heavy atom. The lowest BCUT2D eigenvalue weighted by Crippen LogP contribution is -1.88. The Bertz CT molecular complexity index is 644. The van der Waals surface area contributed by atoms with E-state index in [1.54, 1.807) is 19.6 Å². The molecular formula is C14H11NO2. The molecule has 1 aromatic carbocycles. The number of benzene rings is 1. The number of rotatable bonds is 2. The number of furan rings is 1. The Balaban J connectivity index is 2.24. The number of nitrogens with zero attached hydrogens (tertiary/aromatic N) is 1. The fraction of sp³-hybridized carbons (Fsp3) is 0.0714. The van der Waals surface area contributed by atoms with E-state index in [4.69, 9.17) is 9.15 Å². The highest BCUT2D eigenvalue weighted by Gasteiger charge is 2.06. The zero-order chi connectivity index (χ0) is 11.7. The SMILES string of the molecule is COc1nccc2ccc(-c3ccco3)cc12. The molecule has 3 rings (SSSR count). The molecule has 0 saturated carbocycles. The van der Waals surface area contributed by atoms with Crippen LogP contribution in [0.25, 0.3) is 22.1 Å². The lowest BCUT2D eigenvalue weighted by molar-refractivity contribution is 0.403. The van der Waals surface area contributed by atoms with Gasteiger partial charge in [-0.25, -0.2) is 4.98 Å². The van der Waals surface area contributed by atoms with Crippen LogP contribution >= 0.6 is 0 Å². The molecule has 2 aromatic heterocycles. The molecule has 0 aliphatic rings. The number of fused-ring (bicyclic) bond motifs is 1. The number of hydrogen-bond acceptors (Lipinski definition) is 3. The van der Waals surface area contributed by atoms with Gasteiger partial charge in [0.25, 0.3) is 0 Å². The van der Waals surface area contributed by atoms with E-state index in [9.17, 15) is 0 Å². The van der Waals surface area contributed by atoms with Crippen LogP contribution in [0.15, 0.2) is 53.3 Å². The highest BCUT2D eigenvalue weighted by Crippen LogP contribution is 2.28. The highest BCUT2D eigenvalue weighted by molar-refractivity contribution is 5.90. The quantitative estimate of drug-likeness (QED) is 0.669. The summed E-state index contributed by atoms with van der Waals surface area (Å²) in [5.74, 6) is 1.48. The van der Waals surface area contributed by atoms with Gasteiger partial charge in [-0.3, -0.25) is 0 Å². The Kier molecular flexibility index (Phi) is 2.29. The van der Waals surface area contributed by atoms with Crippen molar-refractivity contribution in [1.82, 2.24) is 4.98 Å². The molecule has 84 valence electrons. The van der Waals surface area contributed by atoms with Crippen molar-refractivity contribution in [2.24, 2.45) is 0 Å². The summed E-state index contributed by atoms with van der Waals surface area (Å²) in [6, 6.07) is 11.9. The van der Waals surface area contributed by atoms with Gasteiger partial charge in [0.2, 0.25) is 5.88 Å². The van der Waals surface area contributed by atoms with Gasteiger partial charge >= 0.3 is 0 Å². The summed E-state index contributed by atoms with van der Waals surface area (Å²) in [5, 5.41) is 2.09. The summed E-state index contributed by atoms with van der Waals surface area (Å²) in [7, 11) is 1.63. The summed E-state index contributed by atoms with van der Waals surface area (Å²) in [6.07, 6.45) is 3.41. The molecule has 3 heteroatoms. The molecule has 0 unspecified atom stereocenters. The maximum Gasteiger partial charge on any atom is 0.221 e. The number of hydrogen-bond donors (Lipinski definition) is 0. The van der Waals surface area contributed by atoms with Crippen LogP contribution in [0.3, 0.4) is 0 Å². The number of methoxy groups -OCH3 is 1. The monoisotopic (exact) mass is 225 g/mol. The number of aromatic nitrogens is 1. The number of pyridine rings is 1. The summed E-state index contributed by atoms with van der Waals surface area (Å²) in [5.41, 5.74) is 1.02. The second-order valence-corrected chi connectivity index (χ2v) is 3.73. The van der Waals surface area contributed by atoms with Gasteiger partial charge in [-0.15, -0.1) is 0 Å². The van der Waals surface area contributed by atoms with E-state index < -0.39 is 0 Å². The van der Waals surface area contributed by atoms with E-state index in [-0.39, 0.29) is 0 Å². The molecule has 0 aliphatic carbocycles. The van der Waals surface area contributed by atoms with Gasteiger partial charge in [0, 0.05) is 17.1 Å². The van der Waals surface area contributed by atoms with Crippen molar-refractivity contribution in [3.63, 3.8) is 0 Å². The van der Waals surface area contributed by atoms with Crippen molar-refractivity contribution in [3.05, 3.63) is 48.9 Å². The van der Waals surface area contributed by atoms with E-state index in [0.717, 1.165) is 22.1 Å². The van der Waals surface area contributed by atoms with Gasteiger partial charge in [-0.05, 0) is 29.7 Å². The Morgan fingerprint density at radius 2 is 2.12 bits per heavy atom. The molecular weight excluding hydrogens is 214 g/mol. The van der Waals surface area contributed by atoms with Crippen LogP contribution in [0.1, 0.15) is 0 Å². The minimum atomic E-state index is 0.635. The summed E-state index contributed by atoms with van der Waals surface area (Å²) >= 11 is 0. The normalized spacial score (nSPS) is 10.6. The van der Waals surface area contributed by atoms with E-state index in [1.165, 1.54) is 0 Å². The molecule has 17 heavy (non-hydrogen) atoms. The van der Waals surface area contributed by atoms with Crippen molar-refractivity contribution in [2.45, 2.75) is 0 Å². The molecule has 0 amide bonds. The van der Waals surface area contributed by atoms with Gasteiger partial charge in [0.05, 0.1) is 13.4 Å². The smallest absolute Gasteiger partial charge is 0.221 e. The first-order valence-electron chi connectivity index (χ1n) is 5.35. The maximum absolute atomic E-state index is 5.38. The Labute approximate surface area is 98.7 Å². The lowest BCUT2D eigenvalue weighted by Gasteiger charge is -2.05. The zero-order valence-electron chi connectivity index (χ0n) is 9.38. The highest BCUT2D eigenvalue weighted by atomic mass is 16.5. The third kappa shape index (κ3) is 1.65. The van der Waals surface area contributed by atoms with Gasteiger partial charge in [-0.1, -0.05) is 12.1 Å². The fourth-order valence-electron chi connectivity index (χ4n) is 1.90. The van der Waals surface area contributed by atoms with Crippen LogP contribution in [0.4, 0.5) is 0 Å². The van der Waals surface area contributed by atoms with Gasteiger partial charge in [-0.2, -0.15) is 0 Å². The topological polar surface area (TPSA) is 35.3 Å². The van der Waals surface area contributed by atoms with E-state index in [1.807, 2.05) is 36.4 Å². The molecule has 0 fully saturated rings. The van der Waals surface area contributed by atoms with Crippen LogP contribution in [0, 0.1) is 0 Å². The molecule has 0 aliphatic heterocycles. The molecule has 0 saturated heterocycles. The fourth-order valence-corrected chi connectivity index (χ4v) is 1.90. The first kappa shape index (κ1) is 9.90. The minimum absolute atomic E-state index is 0.635. The first-order valence-corrected chi connectivity index (χ1v) is 5.35. The van der Waals surface area contributed by atoms with Gasteiger partial charge in [0.1, 0.15) is 5.76 Å². The first-order chi connectivity index (χ1) is 8.38. The van der Waals surface area contributed by atoms with Crippen LogP contribution in [-0.4, -0.2) is 12.1 Å². The standard InChI is InChI=1S/C14H11NO2/c1-16-14-12-9-11(13-3-2-8-17-13)5-4-10(12)6-7-15-14/h2-9H,1H3. The van der Waals surface area contributed by atoms with Crippen molar-refractivity contribution in [3.8, 4) is 17.2 Å². The summed E-state index contributed by atoms with van der Waals surface area (Å²) in [6.45, 7) is 0. The second-order valence-electron chi connectivity index (χ2n) is 3.73. The summed E-state index contributed by atoms with van der Waals surface area (Å²) in [4.78, 5) is 4.19. The van der Waals surface area contributed by atoms with Crippen molar-refractivity contribution >= 4 is 10.8 Å². The Hall–Kier alpha value is -2.29. The average molecular weight is 225 g/mol. The molecule has 3 aromatic rings. The summed E-state index contributed by atoms with van der Waals surface area (Å²) < 4.78 is 10.6. The van der Waals surface area contributed by atoms with E-state index in [0.29, 0.717) is 5.88 Å². The van der Waals surface area contributed by atoms with Crippen molar-refractivity contribution in [2.75, 3.05) is 7.11 Å². The van der Waals surface area contributed by atoms with Crippen molar-refractivity contribution in [1.29, 1.82) is 0 Å². The Morgan fingerprint density at radius 3 is 2.88 bits per heavy atom. The van der Waals surface area contributed by atoms with Gasteiger partial charge < -0.3 is 9.15 Å². The predicted octanol–water partition coefficient (Wildman–Crippen LogP) is 3.50.